The molecule has 2 aromatic rings. The zero-order chi connectivity index (χ0) is 24.0. The molecule has 1 fully saturated rings. The van der Waals surface area contributed by atoms with Crippen molar-refractivity contribution in [3.8, 4) is 11.5 Å². The number of anilines is 1. The number of nitrogens with zero attached hydrogens (tertiary/aromatic N) is 2. The molecule has 0 aromatic heterocycles. The van der Waals surface area contributed by atoms with Gasteiger partial charge >= 0.3 is 0 Å². The van der Waals surface area contributed by atoms with Crippen molar-refractivity contribution in [2.45, 2.75) is 38.9 Å². The standard InChI is InChI=1S/C24H33N3O5S/c1-18(27(33(4,29)30)21-10-11-22(31-2)23(15-21)32-3)24(28)25-16-19-8-7-9-20(14-19)17-26-12-5-6-13-26/h7-11,14-15,18H,5-6,12-13,16-17H2,1-4H3,(H,25,28)/t18-/m0/s1. The first-order valence-electron chi connectivity index (χ1n) is 11.0. The lowest BCUT2D eigenvalue weighted by Crippen LogP contribution is -2.47. The van der Waals surface area contributed by atoms with Gasteiger partial charge in [0.2, 0.25) is 15.9 Å². The van der Waals surface area contributed by atoms with E-state index in [1.165, 1.54) is 32.6 Å². The summed E-state index contributed by atoms with van der Waals surface area (Å²) >= 11 is 0. The number of methoxy groups -OCH3 is 2. The third-order valence-corrected chi connectivity index (χ3v) is 7.01. The van der Waals surface area contributed by atoms with Crippen LogP contribution in [0.3, 0.4) is 0 Å². The Morgan fingerprint density at radius 3 is 2.36 bits per heavy atom. The molecule has 8 nitrogen and oxygen atoms in total. The van der Waals surface area contributed by atoms with Gasteiger partial charge in [0.25, 0.3) is 0 Å². The van der Waals surface area contributed by atoms with Crippen LogP contribution >= 0.6 is 0 Å². The van der Waals surface area contributed by atoms with E-state index in [-0.39, 0.29) is 5.91 Å². The molecule has 0 bridgehead atoms. The highest BCUT2D eigenvalue weighted by atomic mass is 32.2. The predicted molar refractivity (Wildman–Crippen MR) is 129 cm³/mol. The normalized spacial score (nSPS) is 15.2. The molecular formula is C24H33N3O5S. The molecule has 1 amide bonds. The van der Waals surface area contributed by atoms with Gasteiger partial charge in [0.1, 0.15) is 6.04 Å². The Labute approximate surface area is 196 Å². The van der Waals surface area contributed by atoms with Crippen LogP contribution in [0.15, 0.2) is 42.5 Å². The van der Waals surface area contributed by atoms with Crippen molar-refractivity contribution in [1.82, 2.24) is 10.2 Å². The van der Waals surface area contributed by atoms with Crippen molar-refractivity contribution in [3.05, 3.63) is 53.6 Å². The van der Waals surface area contributed by atoms with Crippen molar-refractivity contribution >= 4 is 21.6 Å². The summed E-state index contributed by atoms with van der Waals surface area (Å²) in [6.45, 7) is 5.03. The number of hydrogen-bond donors (Lipinski definition) is 1. The number of hydrogen-bond acceptors (Lipinski definition) is 6. The van der Waals surface area contributed by atoms with Gasteiger partial charge in [-0.1, -0.05) is 24.3 Å². The predicted octanol–water partition coefficient (Wildman–Crippen LogP) is 2.77. The van der Waals surface area contributed by atoms with Crippen LogP contribution in [-0.2, 0) is 27.9 Å². The minimum atomic E-state index is -3.74. The minimum Gasteiger partial charge on any atom is -0.493 e. The van der Waals surface area contributed by atoms with E-state index in [1.807, 2.05) is 12.1 Å². The van der Waals surface area contributed by atoms with Gasteiger partial charge in [0.15, 0.2) is 11.5 Å². The SMILES string of the molecule is COc1ccc(N([C@@H](C)C(=O)NCc2cccc(CN3CCCC3)c2)S(C)(=O)=O)cc1OC. The Balaban J connectivity index is 1.71. The molecule has 0 spiro atoms. The molecule has 1 saturated heterocycles. The summed E-state index contributed by atoms with van der Waals surface area (Å²) in [5.74, 6) is 0.465. The van der Waals surface area contributed by atoms with Crippen LogP contribution in [0.4, 0.5) is 5.69 Å². The molecular weight excluding hydrogens is 442 g/mol. The van der Waals surface area contributed by atoms with Crippen LogP contribution in [0.2, 0.25) is 0 Å². The highest BCUT2D eigenvalue weighted by Crippen LogP contribution is 2.33. The monoisotopic (exact) mass is 475 g/mol. The largest absolute Gasteiger partial charge is 0.493 e. The van der Waals surface area contributed by atoms with E-state index in [2.05, 4.69) is 22.3 Å². The van der Waals surface area contributed by atoms with Crippen LogP contribution < -0.4 is 19.1 Å². The van der Waals surface area contributed by atoms with Crippen molar-refractivity contribution in [2.75, 3.05) is 37.9 Å². The van der Waals surface area contributed by atoms with Gasteiger partial charge in [-0.2, -0.15) is 0 Å². The molecule has 1 aliphatic heterocycles. The van der Waals surface area contributed by atoms with E-state index in [0.717, 1.165) is 35.8 Å². The number of sulfonamides is 1. The Bertz CT molecular complexity index is 1070. The van der Waals surface area contributed by atoms with Crippen molar-refractivity contribution < 1.29 is 22.7 Å². The maximum atomic E-state index is 12.9. The first-order chi connectivity index (χ1) is 15.7. The summed E-state index contributed by atoms with van der Waals surface area (Å²) in [4.78, 5) is 15.4. The summed E-state index contributed by atoms with van der Waals surface area (Å²) in [6, 6.07) is 11.9. The second-order valence-corrected chi connectivity index (χ2v) is 10.2. The number of carbonyl (C=O) groups excluding carboxylic acids is 1. The molecule has 9 heteroatoms. The Morgan fingerprint density at radius 1 is 1.06 bits per heavy atom. The van der Waals surface area contributed by atoms with Gasteiger partial charge in [-0.25, -0.2) is 8.42 Å². The summed E-state index contributed by atoms with van der Waals surface area (Å²) < 4.78 is 36.8. The molecule has 2 aromatic carbocycles. The second kappa shape index (κ2) is 10.9. The summed E-state index contributed by atoms with van der Waals surface area (Å²) in [7, 11) is -0.765. The van der Waals surface area contributed by atoms with Crippen molar-refractivity contribution in [2.24, 2.45) is 0 Å². The third-order valence-electron chi connectivity index (χ3n) is 5.77. The third kappa shape index (κ3) is 6.39. The van der Waals surface area contributed by atoms with Crippen molar-refractivity contribution in [3.63, 3.8) is 0 Å². The zero-order valence-electron chi connectivity index (χ0n) is 19.7. The van der Waals surface area contributed by atoms with Gasteiger partial charge in [-0.3, -0.25) is 14.0 Å². The van der Waals surface area contributed by atoms with Crippen molar-refractivity contribution in [1.29, 1.82) is 0 Å². The molecule has 0 radical (unpaired) electrons. The van der Waals surface area contributed by atoms with E-state index < -0.39 is 16.1 Å². The Kier molecular flexibility index (Phi) is 8.20. The maximum absolute atomic E-state index is 12.9. The van der Waals surface area contributed by atoms with E-state index >= 15 is 0 Å². The fourth-order valence-corrected chi connectivity index (χ4v) is 5.31. The lowest BCUT2D eigenvalue weighted by Gasteiger charge is -2.28. The van der Waals surface area contributed by atoms with E-state index in [4.69, 9.17) is 9.47 Å². The first-order valence-corrected chi connectivity index (χ1v) is 12.9. The molecule has 1 heterocycles. The molecule has 0 aliphatic carbocycles. The Morgan fingerprint density at radius 2 is 1.73 bits per heavy atom. The number of likely N-dealkylation sites (tertiary alicyclic amines) is 1. The average Bonchev–Trinajstić information content (AvgIpc) is 3.29. The Hall–Kier alpha value is -2.78. The summed E-state index contributed by atoms with van der Waals surface area (Å²) in [5.41, 5.74) is 2.51. The molecule has 1 atom stereocenters. The van der Waals surface area contributed by atoms with Gasteiger partial charge in [0.05, 0.1) is 26.2 Å². The van der Waals surface area contributed by atoms with Crippen LogP contribution in [-0.4, -0.2) is 58.8 Å². The van der Waals surface area contributed by atoms with Gasteiger partial charge in [-0.05, 0) is 56.1 Å². The quantitative estimate of drug-likeness (QED) is 0.569. The molecule has 33 heavy (non-hydrogen) atoms. The fourth-order valence-electron chi connectivity index (χ4n) is 4.14. The number of carbonyl (C=O) groups is 1. The van der Waals surface area contributed by atoms with E-state index in [9.17, 15) is 13.2 Å². The zero-order valence-corrected chi connectivity index (χ0v) is 20.5. The van der Waals surface area contributed by atoms with E-state index in [0.29, 0.717) is 23.7 Å². The molecule has 1 N–H and O–H groups in total. The molecule has 0 saturated carbocycles. The smallest absolute Gasteiger partial charge is 0.243 e. The van der Waals surface area contributed by atoms with Crippen LogP contribution in [0.1, 0.15) is 30.9 Å². The number of benzene rings is 2. The van der Waals surface area contributed by atoms with Gasteiger partial charge < -0.3 is 14.8 Å². The lowest BCUT2D eigenvalue weighted by atomic mass is 10.1. The van der Waals surface area contributed by atoms with E-state index in [1.54, 1.807) is 25.1 Å². The maximum Gasteiger partial charge on any atom is 0.243 e. The van der Waals surface area contributed by atoms with Gasteiger partial charge in [0, 0.05) is 19.2 Å². The van der Waals surface area contributed by atoms with Crippen LogP contribution in [0.25, 0.3) is 0 Å². The van der Waals surface area contributed by atoms with Crippen LogP contribution in [0.5, 0.6) is 11.5 Å². The van der Waals surface area contributed by atoms with Crippen LogP contribution in [0, 0.1) is 0 Å². The molecule has 3 rings (SSSR count). The topological polar surface area (TPSA) is 88.2 Å². The average molecular weight is 476 g/mol. The molecule has 0 unspecified atom stereocenters. The number of nitrogens with one attached hydrogen (secondary N) is 1. The number of rotatable bonds is 10. The molecule has 1 aliphatic rings. The first kappa shape index (κ1) is 24.9. The fraction of sp³-hybridized carbons (Fsp3) is 0.458. The summed E-state index contributed by atoms with van der Waals surface area (Å²) in [5, 5.41) is 2.88. The summed E-state index contributed by atoms with van der Waals surface area (Å²) in [6.07, 6.45) is 3.56. The highest BCUT2D eigenvalue weighted by molar-refractivity contribution is 7.92. The molecule has 180 valence electrons. The minimum absolute atomic E-state index is 0.320. The number of ether oxygens (including phenoxy) is 2. The van der Waals surface area contributed by atoms with Gasteiger partial charge in [-0.15, -0.1) is 0 Å². The highest BCUT2D eigenvalue weighted by Gasteiger charge is 2.29. The number of amides is 1. The lowest BCUT2D eigenvalue weighted by molar-refractivity contribution is -0.122. The second-order valence-electron chi connectivity index (χ2n) is 8.30.